The van der Waals surface area contributed by atoms with E-state index in [1.54, 1.807) is 0 Å². The summed E-state index contributed by atoms with van der Waals surface area (Å²) in [6.07, 6.45) is 101. The van der Waals surface area contributed by atoms with Gasteiger partial charge >= 0.3 is 33.6 Å². The van der Waals surface area contributed by atoms with Crippen molar-refractivity contribution in [3.8, 4) is 0 Å². The minimum atomic E-state index is -4.95. The first kappa shape index (κ1) is 99.7. The van der Waals surface area contributed by atoms with Gasteiger partial charge in [0.05, 0.1) is 26.4 Å². The van der Waals surface area contributed by atoms with Crippen molar-refractivity contribution in [1.29, 1.82) is 0 Å². The van der Waals surface area contributed by atoms with Crippen molar-refractivity contribution in [1.82, 2.24) is 0 Å². The second-order valence-electron chi connectivity index (χ2n) is 26.1. The first-order chi connectivity index (χ1) is 51.2. The van der Waals surface area contributed by atoms with Crippen LogP contribution in [0.5, 0.6) is 0 Å². The fourth-order valence-electron chi connectivity index (χ4n) is 10.1. The number of hydrogen-bond acceptors (Lipinski definition) is 14. The lowest BCUT2D eigenvalue weighted by atomic mass is 10.1. The van der Waals surface area contributed by atoms with Crippen LogP contribution in [0, 0.1) is 0 Å². The van der Waals surface area contributed by atoms with E-state index >= 15 is 0 Å². The van der Waals surface area contributed by atoms with Crippen molar-refractivity contribution in [3.63, 3.8) is 0 Å². The molecular formula is C87H142O16P2. The van der Waals surface area contributed by atoms with E-state index in [1.165, 1.54) is 32.1 Å². The molecule has 0 saturated heterocycles. The Morgan fingerprint density at radius 2 is 0.476 bits per heavy atom. The van der Waals surface area contributed by atoms with Crippen LogP contribution in [-0.4, -0.2) is 95.9 Å². The normalized spacial score (nSPS) is 14.9. The molecule has 0 aliphatic rings. The molecule has 0 radical (unpaired) electrons. The molecule has 0 aromatic rings. The number of aliphatic hydroxyl groups is 2. The van der Waals surface area contributed by atoms with Crippen molar-refractivity contribution in [2.75, 3.05) is 39.6 Å². The van der Waals surface area contributed by atoms with Crippen molar-refractivity contribution in [2.45, 2.75) is 309 Å². The van der Waals surface area contributed by atoms with Crippen molar-refractivity contribution >= 4 is 33.6 Å². The largest absolute Gasteiger partial charge is 0.472 e. The predicted molar refractivity (Wildman–Crippen MR) is 435 cm³/mol. The number of rotatable bonds is 74. The molecule has 0 saturated carbocycles. The van der Waals surface area contributed by atoms with Gasteiger partial charge in [-0.2, -0.15) is 0 Å². The van der Waals surface area contributed by atoms with Crippen LogP contribution in [-0.2, 0) is 55.8 Å². The number of unbranched alkanes of at least 4 members (excludes halogenated alkanes) is 21. The third-order valence-corrected chi connectivity index (χ3v) is 18.0. The van der Waals surface area contributed by atoms with Gasteiger partial charge in [0.25, 0.3) is 0 Å². The van der Waals surface area contributed by atoms with Gasteiger partial charge in [0, 0.05) is 19.3 Å². The van der Waals surface area contributed by atoms with Gasteiger partial charge in [-0.25, -0.2) is 9.13 Å². The highest BCUT2D eigenvalue weighted by Crippen LogP contribution is 2.45. The van der Waals surface area contributed by atoms with Gasteiger partial charge < -0.3 is 34.2 Å². The molecule has 0 aliphatic carbocycles. The van der Waals surface area contributed by atoms with Crippen LogP contribution in [0.3, 0.4) is 0 Å². The molecule has 18 heteroatoms. The summed E-state index contributed by atoms with van der Waals surface area (Å²) in [4.78, 5) is 58.7. The second-order valence-corrected chi connectivity index (χ2v) is 29.0. The van der Waals surface area contributed by atoms with Gasteiger partial charge in [-0.3, -0.25) is 32.5 Å². The number of carbonyl (C=O) groups excluding carboxylic acids is 3. The molecule has 0 aromatic heterocycles. The number of phosphoric acid groups is 2. The Balaban J connectivity index is 4.63. The highest BCUT2D eigenvalue weighted by molar-refractivity contribution is 7.47. The standard InChI is InChI=1S/C87H142O16P2/c1-4-7-10-13-16-19-22-25-28-31-33-35-37-38-39-40-41-42-44-46-47-50-52-55-58-61-64-67-70-73-85(90)97-76-82(88)77-99-104(93,94)100-78-83(89)79-101-105(95,96)102-81-84(103-87(92)75-72-69-66-63-60-57-54-49-30-27-24-21-18-15-12-9-6-3)80-98-86(91)74-71-68-65-62-59-56-53-51-48-45-43-36-34-32-29-26-23-20-17-14-11-8-5-2/h7-12,16-21,25-30,33-36,38-39,41-42,45,48,53,56,82-84,88-89H,4-6,13-15,22-24,31-32,37,40,43-44,46-47,49-52,54-55,57-81H2,1-3H3,(H,93,94)(H,95,96)/b10-7-,11-8-,12-9-,19-16-,20-17-,21-18-,28-25-,29-26-,30-27-,35-33-,36-34-,39-38-,42-41-,48-45-,56-53-. The maximum atomic E-state index is 13.0. The monoisotopic (exact) mass is 1500 g/mol. The third-order valence-electron chi connectivity index (χ3n) is 16.1. The summed E-state index contributed by atoms with van der Waals surface area (Å²) in [6.45, 7) is 2.28. The molecule has 5 atom stereocenters. The quantitative estimate of drug-likeness (QED) is 0.0146. The van der Waals surface area contributed by atoms with Gasteiger partial charge in [-0.15, -0.1) is 0 Å². The maximum absolute atomic E-state index is 13.0. The zero-order valence-corrected chi connectivity index (χ0v) is 66.9. The molecule has 0 amide bonds. The number of esters is 3. The number of aliphatic hydroxyl groups excluding tert-OH is 2. The summed E-state index contributed by atoms with van der Waals surface area (Å²) >= 11 is 0. The van der Waals surface area contributed by atoms with Crippen LogP contribution < -0.4 is 0 Å². The Bertz CT molecular complexity index is 2640. The van der Waals surface area contributed by atoms with E-state index < -0.39 is 91.5 Å². The Morgan fingerprint density at radius 3 is 0.752 bits per heavy atom. The number of carbonyl (C=O) groups is 3. The first-order valence-electron chi connectivity index (χ1n) is 40.1. The lowest BCUT2D eigenvalue weighted by Gasteiger charge is -2.21. The molecule has 596 valence electrons. The minimum Gasteiger partial charge on any atom is -0.463 e. The molecule has 4 N–H and O–H groups in total. The summed E-state index contributed by atoms with van der Waals surface area (Å²) in [5.74, 6) is -1.63. The minimum absolute atomic E-state index is 0.0806. The summed E-state index contributed by atoms with van der Waals surface area (Å²) in [6, 6.07) is 0. The average Bonchev–Trinajstić information content (AvgIpc) is 0.941. The molecule has 0 aromatic carbocycles. The molecule has 0 fully saturated rings. The summed E-state index contributed by atoms with van der Waals surface area (Å²) < 4.78 is 61.2. The molecule has 0 rings (SSSR count). The highest BCUT2D eigenvalue weighted by Gasteiger charge is 2.29. The highest BCUT2D eigenvalue weighted by atomic mass is 31.2. The van der Waals surface area contributed by atoms with E-state index in [0.29, 0.717) is 19.3 Å². The van der Waals surface area contributed by atoms with Gasteiger partial charge in [0.2, 0.25) is 0 Å². The Kier molecular flexibility index (Phi) is 74.3. The fourth-order valence-corrected chi connectivity index (χ4v) is 11.7. The zero-order valence-electron chi connectivity index (χ0n) is 65.1. The van der Waals surface area contributed by atoms with Crippen LogP contribution in [0.2, 0.25) is 0 Å². The van der Waals surface area contributed by atoms with Crippen molar-refractivity contribution < 1.29 is 75.8 Å². The molecule has 5 unspecified atom stereocenters. The Morgan fingerprint density at radius 1 is 0.267 bits per heavy atom. The zero-order chi connectivity index (χ0) is 76.6. The number of hydrogen-bond donors (Lipinski definition) is 4. The number of phosphoric ester groups is 2. The molecule has 0 spiro atoms. The van der Waals surface area contributed by atoms with Gasteiger partial charge in [0.15, 0.2) is 6.10 Å². The van der Waals surface area contributed by atoms with E-state index in [-0.39, 0.29) is 19.3 Å². The number of allylic oxidation sites excluding steroid dienone is 30. The van der Waals surface area contributed by atoms with Crippen LogP contribution >= 0.6 is 15.6 Å². The fraction of sp³-hybridized carbons (Fsp3) is 0.621. The van der Waals surface area contributed by atoms with Crippen LogP contribution in [0.1, 0.15) is 290 Å². The molecule has 0 bridgehead atoms. The van der Waals surface area contributed by atoms with Gasteiger partial charge in [-0.05, 0) is 154 Å². The average molecular weight is 1510 g/mol. The lowest BCUT2D eigenvalue weighted by molar-refractivity contribution is -0.161. The van der Waals surface area contributed by atoms with Gasteiger partial charge in [-0.1, -0.05) is 299 Å². The molecular weight excluding hydrogens is 1360 g/mol. The summed E-state index contributed by atoms with van der Waals surface area (Å²) in [5, 5.41) is 20.7. The van der Waals surface area contributed by atoms with Crippen molar-refractivity contribution in [2.24, 2.45) is 0 Å². The Labute approximate surface area is 636 Å². The maximum Gasteiger partial charge on any atom is 0.472 e. The Hall–Kier alpha value is -5.35. The smallest absolute Gasteiger partial charge is 0.463 e. The molecule has 0 aliphatic heterocycles. The first-order valence-corrected chi connectivity index (χ1v) is 43.1. The van der Waals surface area contributed by atoms with Crippen molar-refractivity contribution in [3.05, 3.63) is 182 Å². The SMILES string of the molecule is CC/C=C\C/C=C\C/C=C\C/C=C\C/C=C\C/C=C\CCCCCCCCCCCCC(=O)OCC(O)COP(=O)(O)OCC(O)COP(=O)(O)OCC(COC(=O)CCCCCC/C=C\C/C=C\C/C=C\C/C=C\C/C=C\C/C=C\CC)OC(=O)CCCCCCCCC/C=C\C/C=C\C/C=C\CC. The van der Waals surface area contributed by atoms with Crippen LogP contribution in [0.4, 0.5) is 0 Å². The third kappa shape index (κ3) is 79.5. The van der Waals surface area contributed by atoms with E-state index in [1.807, 2.05) is 0 Å². The van der Waals surface area contributed by atoms with E-state index in [4.69, 9.17) is 32.3 Å². The molecule has 105 heavy (non-hydrogen) atoms. The van der Waals surface area contributed by atoms with E-state index in [2.05, 4.69) is 203 Å². The van der Waals surface area contributed by atoms with E-state index in [9.17, 15) is 43.5 Å². The predicted octanol–water partition coefficient (Wildman–Crippen LogP) is 23.8. The number of ether oxygens (including phenoxy) is 3. The van der Waals surface area contributed by atoms with E-state index in [0.717, 1.165) is 199 Å². The van der Waals surface area contributed by atoms with Crippen LogP contribution in [0.15, 0.2) is 182 Å². The second kappa shape index (κ2) is 78.2. The molecule has 16 nitrogen and oxygen atoms in total. The molecule has 0 heterocycles. The summed E-state index contributed by atoms with van der Waals surface area (Å²) in [5.41, 5.74) is 0. The van der Waals surface area contributed by atoms with Gasteiger partial charge in [0.1, 0.15) is 25.4 Å². The topological polar surface area (TPSA) is 231 Å². The van der Waals surface area contributed by atoms with Crippen LogP contribution in [0.25, 0.3) is 0 Å². The summed E-state index contributed by atoms with van der Waals surface area (Å²) in [7, 11) is -9.82. The lowest BCUT2D eigenvalue weighted by Crippen LogP contribution is -2.30.